The zero-order valence-corrected chi connectivity index (χ0v) is 13.6. The van der Waals surface area contributed by atoms with Crippen molar-refractivity contribution in [1.82, 2.24) is 9.88 Å². The van der Waals surface area contributed by atoms with Crippen molar-refractivity contribution in [2.24, 2.45) is 5.73 Å². The van der Waals surface area contributed by atoms with E-state index in [4.69, 9.17) is 5.73 Å². The average molecular weight is 330 g/mol. The normalized spacial score (nSPS) is 17.6. The highest BCUT2D eigenvalue weighted by Crippen LogP contribution is 2.24. The minimum Gasteiger partial charge on any atom is -0.328 e. The number of likely N-dealkylation sites (N-methyl/N-ethyl adjacent to an activating group) is 1. The number of nitrogens with two attached hydrogens (primary N) is 1. The van der Waals surface area contributed by atoms with Gasteiger partial charge in [-0.25, -0.2) is 4.98 Å². The van der Waals surface area contributed by atoms with Crippen molar-refractivity contribution in [3.8, 4) is 0 Å². The van der Waals surface area contributed by atoms with E-state index in [-0.39, 0.29) is 11.8 Å². The van der Waals surface area contributed by atoms with E-state index in [1.807, 2.05) is 30.3 Å². The molecule has 2 N–H and O–H groups in total. The van der Waals surface area contributed by atoms with Crippen LogP contribution in [0.1, 0.15) is 21.9 Å². The number of benzene rings is 1. The molecule has 0 saturated carbocycles. The second-order valence-electron chi connectivity index (χ2n) is 5.38. The van der Waals surface area contributed by atoms with Crippen molar-refractivity contribution in [3.63, 3.8) is 0 Å². The topological polar surface area (TPSA) is 79.5 Å². The number of amides is 2. The lowest BCUT2D eigenvalue weighted by molar-refractivity contribution is -0.120. The van der Waals surface area contributed by atoms with Gasteiger partial charge in [0, 0.05) is 31.2 Å². The Bertz CT molecular complexity index is 716. The van der Waals surface area contributed by atoms with Crippen LogP contribution in [0.25, 0.3) is 0 Å². The minimum atomic E-state index is -0.453. The van der Waals surface area contributed by atoms with E-state index in [0.717, 1.165) is 5.69 Å². The standard InChI is InChI=1S/C16H18N4O2S/c1-19(15(21)12-10-23-14(9-17)18-12)13-7-8-20(16(13)22)11-5-3-2-4-6-11/h2-6,10,13H,7-9,17H2,1H3. The van der Waals surface area contributed by atoms with Crippen LogP contribution in [0, 0.1) is 0 Å². The molecule has 1 aliphatic heterocycles. The van der Waals surface area contributed by atoms with Gasteiger partial charge >= 0.3 is 0 Å². The number of hydrogen-bond acceptors (Lipinski definition) is 5. The molecule has 1 atom stereocenters. The molecule has 1 unspecified atom stereocenters. The molecule has 0 radical (unpaired) electrons. The molecule has 2 amide bonds. The first-order valence-corrected chi connectivity index (χ1v) is 8.28. The first kappa shape index (κ1) is 15.6. The highest BCUT2D eigenvalue weighted by molar-refractivity contribution is 7.09. The lowest BCUT2D eigenvalue weighted by atomic mass is 10.2. The summed E-state index contributed by atoms with van der Waals surface area (Å²) in [5.41, 5.74) is 6.74. The third-order valence-electron chi connectivity index (χ3n) is 3.98. The summed E-state index contributed by atoms with van der Waals surface area (Å²) in [6.45, 7) is 0.919. The molecular formula is C16H18N4O2S. The van der Waals surface area contributed by atoms with Gasteiger partial charge in [-0.05, 0) is 18.6 Å². The minimum absolute atomic E-state index is 0.0543. The van der Waals surface area contributed by atoms with E-state index in [1.54, 1.807) is 17.3 Å². The molecule has 7 heteroatoms. The van der Waals surface area contributed by atoms with Crippen LogP contribution < -0.4 is 10.6 Å². The van der Waals surface area contributed by atoms with Crippen LogP contribution in [0.15, 0.2) is 35.7 Å². The van der Waals surface area contributed by atoms with Crippen molar-refractivity contribution in [1.29, 1.82) is 0 Å². The van der Waals surface area contributed by atoms with Crippen molar-refractivity contribution in [2.75, 3.05) is 18.5 Å². The summed E-state index contributed by atoms with van der Waals surface area (Å²) in [5.74, 6) is -0.296. The van der Waals surface area contributed by atoms with E-state index in [9.17, 15) is 9.59 Å². The molecule has 1 aromatic carbocycles. The quantitative estimate of drug-likeness (QED) is 0.921. The van der Waals surface area contributed by atoms with Gasteiger partial charge in [0.1, 0.15) is 16.7 Å². The Morgan fingerprint density at radius 3 is 2.83 bits per heavy atom. The summed E-state index contributed by atoms with van der Waals surface area (Å²) < 4.78 is 0. The summed E-state index contributed by atoms with van der Waals surface area (Å²) >= 11 is 1.36. The maximum absolute atomic E-state index is 12.6. The van der Waals surface area contributed by atoms with Crippen LogP contribution >= 0.6 is 11.3 Å². The molecule has 1 aromatic heterocycles. The number of thiazole rings is 1. The third kappa shape index (κ3) is 2.97. The summed E-state index contributed by atoms with van der Waals surface area (Å²) in [6, 6.07) is 9.05. The van der Waals surface area contributed by atoms with Crippen LogP contribution in [0.3, 0.4) is 0 Å². The molecule has 0 bridgehead atoms. The van der Waals surface area contributed by atoms with Gasteiger partial charge in [-0.3, -0.25) is 9.59 Å². The fraction of sp³-hybridized carbons (Fsp3) is 0.312. The summed E-state index contributed by atoms with van der Waals surface area (Å²) in [5, 5.41) is 2.40. The van der Waals surface area contributed by atoms with E-state index in [0.29, 0.717) is 30.2 Å². The van der Waals surface area contributed by atoms with Gasteiger partial charge in [-0.1, -0.05) is 18.2 Å². The smallest absolute Gasteiger partial charge is 0.273 e. The SMILES string of the molecule is CN(C(=O)c1csc(CN)n1)C1CCN(c2ccccc2)C1=O. The molecule has 0 spiro atoms. The van der Waals surface area contributed by atoms with Gasteiger partial charge in [0.25, 0.3) is 5.91 Å². The maximum Gasteiger partial charge on any atom is 0.273 e. The van der Waals surface area contributed by atoms with Gasteiger partial charge < -0.3 is 15.5 Å². The van der Waals surface area contributed by atoms with Crippen LogP contribution in [-0.4, -0.2) is 41.3 Å². The zero-order chi connectivity index (χ0) is 16.4. The number of anilines is 1. The van der Waals surface area contributed by atoms with E-state index in [1.165, 1.54) is 16.2 Å². The highest BCUT2D eigenvalue weighted by Gasteiger charge is 2.37. The predicted octanol–water partition coefficient (Wildman–Crippen LogP) is 1.48. The van der Waals surface area contributed by atoms with E-state index < -0.39 is 6.04 Å². The number of carbonyl (C=O) groups excluding carboxylic acids is 2. The Kier molecular flexibility index (Phi) is 4.40. The molecule has 1 saturated heterocycles. The molecule has 6 nitrogen and oxygen atoms in total. The van der Waals surface area contributed by atoms with Crippen molar-refractivity contribution >= 4 is 28.8 Å². The molecule has 2 aromatic rings. The second-order valence-corrected chi connectivity index (χ2v) is 6.32. The fourth-order valence-electron chi connectivity index (χ4n) is 2.71. The molecular weight excluding hydrogens is 312 g/mol. The summed E-state index contributed by atoms with van der Waals surface area (Å²) in [4.78, 5) is 32.6. The number of aromatic nitrogens is 1. The van der Waals surface area contributed by atoms with Gasteiger partial charge in [0.05, 0.1) is 0 Å². The Hall–Kier alpha value is -2.25. The molecule has 2 heterocycles. The lowest BCUT2D eigenvalue weighted by Crippen LogP contribution is -2.43. The number of rotatable bonds is 4. The Balaban J connectivity index is 1.74. The molecule has 120 valence electrons. The molecule has 1 aliphatic rings. The first-order valence-electron chi connectivity index (χ1n) is 7.40. The van der Waals surface area contributed by atoms with E-state index >= 15 is 0 Å². The van der Waals surface area contributed by atoms with Gasteiger partial charge in [0.2, 0.25) is 5.91 Å². The predicted molar refractivity (Wildman–Crippen MR) is 89.3 cm³/mol. The van der Waals surface area contributed by atoms with Gasteiger partial charge in [-0.15, -0.1) is 11.3 Å². The number of hydrogen-bond donors (Lipinski definition) is 1. The number of nitrogens with zero attached hydrogens (tertiary/aromatic N) is 3. The fourth-order valence-corrected chi connectivity index (χ4v) is 3.36. The highest BCUT2D eigenvalue weighted by atomic mass is 32.1. The Labute approximate surface area is 138 Å². The maximum atomic E-state index is 12.6. The number of carbonyl (C=O) groups is 2. The van der Waals surface area contributed by atoms with Gasteiger partial charge in [0.15, 0.2) is 0 Å². The van der Waals surface area contributed by atoms with Crippen molar-refractivity contribution < 1.29 is 9.59 Å². The molecule has 3 rings (SSSR count). The second kappa shape index (κ2) is 6.47. The largest absolute Gasteiger partial charge is 0.328 e. The summed E-state index contributed by atoms with van der Waals surface area (Å²) in [7, 11) is 1.65. The lowest BCUT2D eigenvalue weighted by Gasteiger charge is -2.23. The Morgan fingerprint density at radius 2 is 2.17 bits per heavy atom. The van der Waals surface area contributed by atoms with Crippen LogP contribution in [0.2, 0.25) is 0 Å². The zero-order valence-electron chi connectivity index (χ0n) is 12.8. The summed E-state index contributed by atoms with van der Waals surface area (Å²) in [6.07, 6.45) is 0.615. The third-order valence-corrected chi connectivity index (χ3v) is 4.85. The van der Waals surface area contributed by atoms with Gasteiger partial charge in [-0.2, -0.15) is 0 Å². The van der Waals surface area contributed by atoms with Crippen molar-refractivity contribution in [2.45, 2.75) is 19.0 Å². The number of para-hydroxylation sites is 1. The molecule has 1 fully saturated rings. The van der Waals surface area contributed by atoms with Crippen LogP contribution in [0.5, 0.6) is 0 Å². The van der Waals surface area contributed by atoms with Crippen LogP contribution in [0.4, 0.5) is 5.69 Å². The van der Waals surface area contributed by atoms with Crippen LogP contribution in [-0.2, 0) is 11.3 Å². The molecule has 23 heavy (non-hydrogen) atoms. The first-order chi connectivity index (χ1) is 11.1. The molecule has 0 aliphatic carbocycles. The van der Waals surface area contributed by atoms with Crippen molar-refractivity contribution in [3.05, 3.63) is 46.4 Å². The van der Waals surface area contributed by atoms with E-state index in [2.05, 4.69) is 4.98 Å². The monoisotopic (exact) mass is 330 g/mol. The Morgan fingerprint density at radius 1 is 1.43 bits per heavy atom. The average Bonchev–Trinajstić information content (AvgIpc) is 3.21.